The van der Waals surface area contributed by atoms with Crippen LogP contribution in [0.3, 0.4) is 0 Å². The zero-order valence-corrected chi connectivity index (χ0v) is 17.9. The lowest BCUT2D eigenvalue weighted by Crippen LogP contribution is -2.18. The average molecular weight is 405 g/mol. The van der Waals surface area contributed by atoms with Gasteiger partial charge in [0.05, 0.1) is 14.2 Å². The molecule has 3 aromatic rings. The minimum Gasteiger partial charge on any atom is -0.493 e. The van der Waals surface area contributed by atoms with E-state index in [1.165, 1.54) is 5.56 Å². The highest BCUT2D eigenvalue weighted by Gasteiger charge is 2.11. The SMILES string of the molecule is COc1cc(C)c(CN(C)Cc2ccc(C(=O)Nc3ccccc3)cc2)cc1OC. The van der Waals surface area contributed by atoms with Crippen molar-refractivity contribution < 1.29 is 14.3 Å². The third-order valence-corrected chi connectivity index (χ3v) is 4.98. The summed E-state index contributed by atoms with van der Waals surface area (Å²) in [5.41, 5.74) is 4.92. The molecule has 156 valence electrons. The number of nitrogens with zero attached hydrogens (tertiary/aromatic N) is 1. The van der Waals surface area contributed by atoms with Crippen molar-refractivity contribution in [1.82, 2.24) is 4.90 Å². The molecule has 0 saturated heterocycles. The van der Waals surface area contributed by atoms with Gasteiger partial charge >= 0.3 is 0 Å². The highest BCUT2D eigenvalue weighted by Crippen LogP contribution is 2.30. The Morgan fingerprint density at radius 2 is 1.53 bits per heavy atom. The highest BCUT2D eigenvalue weighted by molar-refractivity contribution is 6.04. The second-order valence-corrected chi connectivity index (χ2v) is 7.32. The maximum atomic E-state index is 12.4. The second kappa shape index (κ2) is 9.94. The molecule has 0 unspecified atom stereocenters. The Kier molecular flexibility index (Phi) is 7.09. The number of anilines is 1. The second-order valence-electron chi connectivity index (χ2n) is 7.32. The third-order valence-electron chi connectivity index (χ3n) is 4.98. The summed E-state index contributed by atoms with van der Waals surface area (Å²) in [4.78, 5) is 14.6. The summed E-state index contributed by atoms with van der Waals surface area (Å²) in [6.07, 6.45) is 0. The number of para-hydroxylation sites is 1. The van der Waals surface area contributed by atoms with Crippen LogP contribution >= 0.6 is 0 Å². The van der Waals surface area contributed by atoms with Crippen molar-refractivity contribution in [2.45, 2.75) is 20.0 Å². The molecule has 0 saturated carbocycles. The van der Waals surface area contributed by atoms with Crippen molar-refractivity contribution in [3.63, 3.8) is 0 Å². The van der Waals surface area contributed by atoms with Crippen LogP contribution in [0, 0.1) is 6.92 Å². The molecule has 0 heterocycles. The molecule has 5 nitrogen and oxygen atoms in total. The van der Waals surface area contributed by atoms with Crippen LogP contribution in [0.5, 0.6) is 11.5 Å². The molecule has 1 N–H and O–H groups in total. The third kappa shape index (κ3) is 5.39. The molecule has 0 atom stereocenters. The standard InChI is InChI=1S/C25H28N2O3/c1-18-14-23(29-3)24(30-4)15-21(18)17-27(2)16-19-10-12-20(13-11-19)25(28)26-22-8-6-5-7-9-22/h5-15H,16-17H2,1-4H3,(H,26,28). The van der Waals surface area contributed by atoms with Gasteiger partial charge in [0.25, 0.3) is 5.91 Å². The van der Waals surface area contributed by atoms with E-state index in [2.05, 4.69) is 24.2 Å². The van der Waals surface area contributed by atoms with Crippen LogP contribution in [-0.2, 0) is 13.1 Å². The quantitative estimate of drug-likeness (QED) is 0.580. The number of hydrogen-bond acceptors (Lipinski definition) is 4. The van der Waals surface area contributed by atoms with Gasteiger partial charge in [0.15, 0.2) is 11.5 Å². The molecular weight excluding hydrogens is 376 g/mol. The number of aryl methyl sites for hydroxylation is 1. The molecule has 0 aliphatic rings. The maximum Gasteiger partial charge on any atom is 0.255 e. The fourth-order valence-electron chi connectivity index (χ4n) is 3.34. The summed E-state index contributed by atoms with van der Waals surface area (Å²) in [6, 6.07) is 21.2. The Hall–Kier alpha value is -3.31. The predicted octanol–water partition coefficient (Wildman–Crippen LogP) is 4.90. The molecule has 0 spiro atoms. The number of nitrogens with one attached hydrogen (secondary N) is 1. The number of rotatable bonds is 8. The molecule has 0 aliphatic heterocycles. The van der Waals surface area contributed by atoms with Crippen LogP contribution in [0.25, 0.3) is 0 Å². The van der Waals surface area contributed by atoms with E-state index < -0.39 is 0 Å². The van der Waals surface area contributed by atoms with Gasteiger partial charge in [0, 0.05) is 24.3 Å². The fourth-order valence-corrected chi connectivity index (χ4v) is 3.34. The van der Waals surface area contributed by atoms with Crippen molar-refractivity contribution in [1.29, 1.82) is 0 Å². The monoisotopic (exact) mass is 404 g/mol. The van der Waals surface area contributed by atoms with E-state index in [1.54, 1.807) is 14.2 Å². The van der Waals surface area contributed by atoms with Crippen LogP contribution in [0.4, 0.5) is 5.69 Å². The first kappa shape index (κ1) is 21.4. The molecule has 0 fully saturated rings. The van der Waals surface area contributed by atoms with Crippen molar-refractivity contribution in [2.75, 3.05) is 26.6 Å². The number of carbonyl (C=O) groups is 1. The van der Waals surface area contributed by atoms with Crippen LogP contribution < -0.4 is 14.8 Å². The first-order valence-electron chi connectivity index (χ1n) is 9.85. The van der Waals surface area contributed by atoms with Crippen molar-refractivity contribution in [3.05, 3.63) is 89.0 Å². The molecule has 0 radical (unpaired) electrons. The van der Waals surface area contributed by atoms with Crippen LogP contribution in [0.2, 0.25) is 0 Å². The normalized spacial score (nSPS) is 10.7. The Morgan fingerprint density at radius 1 is 0.900 bits per heavy atom. The lowest BCUT2D eigenvalue weighted by Gasteiger charge is -2.20. The van der Waals surface area contributed by atoms with Gasteiger partial charge in [-0.3, -0.25) is 9.69 Å². The predicted molar refractivity (Wildman–Crippen MR) is 120 cm³/mol. The zero-order chi connectivity index (χ0) is 21.5. The number of ether oxygens (including phenoxy) is 2. The molecule has 30 heavy (non-hydrogen) atoms. The van der Waals surface area contributed by atoms with Gasteiger partial charge in [-0.1, -0.05) is 30.3 Å². The van der Waals surface area contributed by atoms with E-state index in [9.17, 15) is 4.79 Å². The maximum absolute atomic E-state index is 12.4. The van der Waals surface area contributed by atoms with Crippen LogP contribution in [-0.4, -0.2) is 32.1 Å². The first-order valence-corrected chi connectivity index (χ1v) is 9.85. The molecule has 3 aromatic carbocycles. The Balaban J connectivity index is 1.62. The average Bonchev–Trinajstić information content (AvgIpc) is 2.76. The lowest BCUT2D eigenvalue weighted by atomic mass is 10.1. The Bertz CT molecular complexity index is 985. The largest absolute Gasteiger partial charge is 0.493 e. The van der Waals surface area contributed by atoms with Gasteiger partial charge in [-0.2, -0.15) is 0 Å². The number of hydrogen-bond donors (Lipinski definition) is 1. The smallest absolute Gasteiger partial charge is 0.255 e. The molecule has 1 amide bonds. The van der Waals surface area contributed by atoms with Gasteiger partial charge in [-0.05, 0) is 67.1 Å². The molecule has 5 heteroatoms. The topological polar surface area (TPSA) is 50.8 Å². The molecule has 0 bridgehead atoms. The van der Waals surface area contributed by atoms with Gasteiger partial charge in [0.2, 0.25) is 0 Å². The van der Waals surface area contributed by atoms with E-state index in [-0.39, 0.29) is 5.91 Å². The summed E-state index contributed by atoms with van der Waals surface area (Å²) >= 11 is 0. The first-order chi connectivity index (χ1) is 14.5. The molecular formula is C25H28N2O3. The van der Waals surface area contributed by atoms with Crippen LogP contribution in [0.1, 0.15) is 27.0 Å². The number of benzene rings is 3. The van der Waals surface area contributed by atoms with Crippen LogP contribution in [0.15, 0.2) is 66.7 Å². The van der Waals surface area contributed by atoms with E-state index in [0.29, 0.717) is 5.56 Å². The van der Waals surface area contributed by atoms with Crippen molar-refractivity contribution in [3.8, 4) is 11.5 Å². The van der Waals surface area contributed by atoms with Crippen molar-refractivity contribution >= 4 is 11.6 Å². The number of methoxy groups -OCH3 is 2. The van der Waals surface area contributed by atoms with E-state index in [0.717, 1.165) is 41.4 Å². The number of amides is 1. The van der Waals surface area contributed by atoms with Gasteiger partial charge in [-0.25, -0.2) is 0 Å². The van der Waals surface area contributed by atoms with E-state index in [4.69, 9.17) is 9.47 Å². The highest BCUT2D eigenvalue weighted by atomic mass is 16.5. The van der Waals surface area contributed by atoms with Gasteiger partial charge in [0.1, 0.15) is 0 Å². The molecule has 3 rings (SSSR count). The summed E-state index contributed by atoms with van der Waals surface area (Å²) in [6.45, 7) is 3.63. The summed E-state index contributed by atoms with van der Waals surface area (Å²) < 4.78 is 10.8. The fraction of sp³-hybridized carbons (Fsp3) is 0.240. The zero-order valence-electron chi connectivity index (χ0n) is 17.9. The molecule has 0 aliphatic carbocycles. The Labute approximate surface area is 178 Å². The summed E-state index contributed by atoms with van der Waals surface area (Å²) in [5, 5.41) is 2.91. The molecule has 0 aromatic heterocycles. The van der Waals surface area contributed by atoms with E-state index >= 15 is 0 Å². The number of carbonyl (C=O) groups excluding carboxylic acids is 1. The van der Waals surface area contributed by atoms with E-state index in [1.807, 2.05) is 66.7 Å². The van der Waals surface area contributed by atoms with Gasteiger partial charge < -0.3 is 14.8 Å². The van der Waals surface area contributed by atoms with Gasteiger partial charge in [-0.15, -0.1) is 0 Å². The minimum absolute atomic E-state index is 0.109. The Morgan fingerprint density at radius 3 is 2.17 bits per heavy atom. The minimum atomic E-state index is -0.109. The summed E-state index contributed by atoms with van der Waals surface area (Å²) in [7, 11) is 5.37. The van der Waals surface area contributed by atoms with Crippen molar-refractivity contribution in [2.24, 2.45) is 0 Å². The lowest BCUT2D eigenvalue weighted by molar-refractivity contribution is 0.102. The summed E-state index contributed by atoms with van der Waals surface area (Å²) in [5.74, 6) is 1.37.